The van der Waals surface area contributed by atoms with Gasteiger partial charge in [-0.15, -0.1) is 54.1 Å². The molecule has 39 heavy (non-hydrogen) atoms. The number of benzene rings is 3. The molecule has 0 spiro atoms. The number of pyridine rings is 3. The molecule has 0 aliphatic heterocycles. The van der Waals surface area contributed by atoms with Crippen molar-refractivity contribution in [3.8, 4) is 22.5 Å². The zero-order valence-corrected chi connectivity index (χ0v) is 24.2. The van der Waals surface area contributed by atoms with Crippen molar-refractivity contribution >= 4 is 32.7 Å². The number of aryl methyl sites for hydroxylation is 3. The molecule has 0 saturated carbocycles. The van der Waals surface area contributed by atoms with Crippen LogP contribution in [0.3, 0.4) is 0 Å². The van der Waals surface area contributed by atoms with E-state index in [0.29, 0.717) is 0 Å². The van der Waals surface area contributed by atoms with E-state index in [1.54, 1.807) is 6.20 Å². The Balaban J connectivity index is 0.000000187. The number of fused-ring (bicyclic) bond motifs is 5. The van der Waals surface area contributed by atoms with Crippen LogP contribution in [0.2, 0.25) is 0 Å². The van der Waals surface area contributed by atoms with E-state index in [2.05, 4.69) is 57.4 Å². The molecule has 3 aromatic carbocycles. The maximum atomic E-state index is 6.36. The van der Waals surface area contributed by atoms with Crippen molar-refractivity contribution in [2.75, 3.05) is 0 Å². The molecular weight excluding hydrogens is 659 g/mol. The van der Waals surface area contributed by atoms with E-state index in [0.717, 1.165) is 66.6 Å². The minimum atomic E-state index is 0. The van der Waals surface area contributed by atoms with E-state index in [4.69, 9.17) is 4.42 Å². The molecule has 193 valence electrons. The maximum absolute atomic E-state index is 6.36. The van der Waals surface area contributed by atoms with Gasteiger partial charge in [0, 0.05) is 60.0 Å². The van der Waals surface area contributed by atoms with Gasteiger partial charge in [-0.1, -0.05) is 47.3 Å². The molecule has 0 atom stereocenters. The van der Waals surface area contributed by atoms with Gasteiger partial charge in [0.25, 0.3) is 0 Å². The Morgan fingerprint density at radius 1 is 0.667 bits per heavy atom. The Kier molecular flexibility index (Phi) is 7.65. The summed E-state index contributed by atoms with van der Waals surface area (Å²) in [5, 5.41) is 4.42. The molecule has 0 unspecified atom stereocenters. The Bertz CT molecular complexity index is 1880. The predicted octanol–water partition coefficient (Wildman–Crippen LogP) is 8.47. The third kappa shape index (κ3) is 5.24. The summed E-state index contributed by atoms with van der Waals surface area (Å²) in [6.45, 7) is 6.09. The van der Waals surface area contributed by atoms with Crippen molar-refractivity contribution in [1.29, 1.82) is 0 Å². The second kappa shape index (κ2) is 11.3. The molecule has 0 aliphatic carbocycles. The molecule has 0 bridgehead atoms. The summed E-state index contributed by atoms with van der Waals surface area (Å²) in [5.41, 5.74) is 8.71. The Morgan fingerprint density at radius 3 is 2.23 bits per heavy atom. The van der Waals surface area contributed by atoms with Gasteiger partial charge in [0.15, 0.2) is 0 Å². The molecule has 5 heteroatoms. The van der Waals surface area contributed by atoms with Crippen LogP contribution in [0.25, 0.3) is 55.2 Å². The first-order valence-electron chi connectivity index (χ1n) is 12.5. The molecule has 0 amide bonds. The van der Waals surface area contributed by atoms with Gasteiger partial charge in [-0.2, -0.15) is 0 Å². The van der Waals surface area contributed by atoms with Crippen molar-refractivity contribution in [1.82, 2.24) is 15.0 Å². The average Bonchev–Trinajstić information content (AvgIpc) is 3.34. The van der Waals surface area contributed by atoms with Crippen LogP contribution in [-0.4, -0.2) is 15.0 Å². The summed E-state index contributed by atoms with van der Waals surface area (Å²) in [7, 11) is 0. The molecular formula is C34H25IrN3O-2. The predicted molar refractivity (Wildman–Crippen MR) is 154 cm³/mol. The summed E-state index contributed by atoms with van der Waals surface area (Å²) in [6.07, 6.45) is 3.66. The molecule has 7 aromatic rings. The molecule has 4 nitrogen and oxygen atoms in total. The first kappa shape index (κ1) is 26.4. The fourth-order valence-electron chi connectivity index (χ4n) is 4.73. The SMILES string of the molecule is Cc1cc2c(ccc3c4cc[c-]c(-c5ccccn5)c4oc23)c(C)n1.Cc1ccc(-c2[c-]cccc2)nc1.[Ir]. The van der Waals surface area contributed by atoms with Gasteiger partial charge < -0.3 is 14.4 Å². The minimum Gasteiger partial charge on any atom is -0.500 e. The number of aromatic nitrogens is 3. The second-order valence-electron chi connectivity index (χ2n) is 9.30. The molecule has 4 heterocycles. The molecule has 0 fully saturated rings. The smallest absolute Gasteiger partial charge is 0.128 e. The Morgan fingerprint density at radius 2 is 1.49 bits per heavy atom. The van der Waals surface area contributed by atoms with Gasteiger partial charge in [-0.05, 0) is 49.9 Å². The van der Waals surface area contributed by atoms with Crippen molar-refractivity contribution < 1.29 is 24.5 Å². The van der Waals surface area contributed by atoms with Crippen LogP contribution >= 0.6 is 0 Å². The van der Waals surface area contributed by atoms with Crippen LogP contribution < -0.4 is 0 Å². The number of rotatable bonds is 2. The summed E-state index contributed by atoms with van der Waals surface area (Å²) in [5.74, 6) is 0. The van der Waals surface area contributed by atoms with Crippen LogP contribution in [0, 0.1) is 32.9 Å². The number of furan rings is 1. The third-order valence-corrected chi connectivity index (χ3v) is 6.54. The zero-order valence-electron chi connectivity index (χ0n) is 21.8. The van der Waals surface area contributed by atoms with Crippen molar-refractivity contribution in [3.05, 3.63) is 126 Å². The van der Waals surface area contributed by atoms with Crippen LogP contribution in [0.5, 0.6) is 0 Å². The number of hydrogen-bond acceptors (Lipinski definition) is 4. The first-order valence-corrected chi connectivity index (χ1v) is 12.5. The van der Waals surface area contributed by atoms with Gasteiger partial charge >= 0.3 is 0 Å². The topological polar surface area (TPSA) is 51.8 Å². The molecule has 0 N–H and O–H groups in total. The fourth-order valence-corrected chi connectivity index (χ4v) is 4.73. The van der Waals surface area contributed by atoms with Crippen LogP contribution in [0.15, 0.2) is 102 Å². The third-order valence-electron chi connectivity index (χ3n) is 6.54. The van der Waals surface area contributed by atoms with E-state index >= 15 is 0 Å². The van der Waals surface area contributed by atoms with Crippen LogP contribution in [-0.2, 0) is 20.1 Å². The van der Waals surface area contributed by atoms with E-state index in [1.807, 2.05) is 81.6 Å². The normalized spacial score (nSPS) is 10.7. The number of hydrogen-bond donors (Lipinski definition) is 0. The van der Waals surface area contributed by atoms with E-state index < -0.39 is 0 Å². The maximum Gasteiger partial charge on any atom is 0.128 e. The summed E-state index contributed by atoms with van der Waals surface area (Å²) < 4.78 is 6.36. The Hall–Kier alpha value is -4.18. The van der Waals surface area contributed by atoms with Gasteiger partial charge in [-0.3, -0.25) is 4.98 Å². The monoisotopic (exact) mass is 684 g/mol. The molecule has 0 aliphatic rings. The van der Waals surface area contributed by atoms with Gasteiger partial charge in [0.1, 0.15) is 5.58 Å². The van der Waals surface area contributed by atoms with Crippen molar-refractivity contribution in [2.45, 2.75) is 20.8 Å². The van der Waals surface area contributed by atoms with Crippen molar-refractivity contribution in [3.63, 3.8) is 0 Å². The molecule has 7 rings (SSSR count). The van der Waals surface area contributed by atoms with Gasteiger partial charge in [0.05, 0.1) is 5.58 Å². The standard InChI is InChI=1S/C22H15N2O.C12H10N.Ir/c1-13-12-19-15(14(2)24-13)9-10-17-16-6-5-7-18(21(16)25-22(17)19)20-8-3-4-11-23-20;1-10-7-8-12(13-9-10)11-5-3-2-4-6-11;/h3-6,8-12H,1-2H3;2-5,7-9H,1H3;/q2*-1;. The zero-order chi connectivity index (χ0) is 26.1. The van der Waals surface area contributed by atoms with E-state index in [-0.39, 0.29) is 20.1 Å². The Labute approximate surface area is 241 Å². The summed E-state index contributed by atoms with van der Waals surface area (Å²) in [6, 6.07) is 34.6. The van der Waals surface area contributed by atoms with Crippen molar-refractivity contribution in [2.24, 2.45) is 0 Å². The first-order chi connectivity index (χ1) is 18.6. The van der Waals surface area contributed by atoms with Gasteiger partial charge in [-0.25, -0.2) is 0 Å². The molecule has 0 saturated heterocycles. The second-order valence-corrected chi connectivity index (χ2v) is 9.30. The molecule has 1 radical (unpaired) electrons. The molecule has 4 aromatic heterocycles. The fraction of sp³-hybridized carbons (Fsp3) is 0.0882. The van der Waals surface area contributed by atoms with Crippen LogP contribution in [0.4, 0.5) is 0 Å². The van der Waals surface area contributed by atoms with E-state index in [9.17, 15) is 0 Å². The number of nitrogens with zero attached hydrogens (tertiary/aromatic N) is 3. The van der Waals surface area contributed by atoms with Gasteiger partial charge in [0.2, 0.25) is 0 Å². The van der Waals surface area contributed by atoms with E-state index in [1.165, 1.54) is 5.56 Å². The largest absolute Gasteiger partial charge is 0.500 e. The average molecular weight is 684 g/mol. The quantitative estimate of drug-likeness (QED) is 0.172. The summed E-state index contributed by atoms with van der Waals surface area (Å²) >= 11 is 0. The summed E-state index contributed by atoms with van der Waals surface area (Å²) in [4.78, 5) is 13.3. The minimum absolute atomic E-state index is 0. The van der Waals surface area contributed by atoms with Crippen LogP contribution in [0.1, 0.15) is 17.0 Å².